The quantitative estimate of drug-likeness (QED) is 0.0484. The smallest absolute Gasteiger partial charge is 0.326 e. The van der Waals surface area contributed by atoms with E-state index >= 15 is 0 Å². The molecule has 4 atom stereocenters. The fourth-order valence-electron chi connectivity index (χ4n) is 3.29. The Bertz CT molecular complexity index is 793. The Balaban J connectivity index is 5.46. The zero-order chi connectivity index (χ0) is 28.5. The van der Waals surface area contributed by atoms with Crippen molar-refractivity contribution < 1.29 is 34.2 Å². The number of carboxylic acid groups (broad SMARTS) is 2. The van der Waals surface area contributed by atoms with Crippen LogP contribution >= 0.6 is 0 Å². The molecule has 0 aliphatic heterocycles. The molecular weight excluding hydrogens is 488 g/mol. The second-order valence-corrected chi connectivity index (χ2v) is 9.00. The molecule has 0 bridgehead atoms. The van der Waals surface area contributed by atoms with Crippen molar-refractivity contribution in [2.45, 2.75) is 83.0 Å². The number of hydrogen-bond acceptors (Lipinski definition) is 8. The second-order valence-electron chi connectivity index (χ2n) is 9.00. The summed E-state index contributed by atoms with van der Waals surface area (Å²) in [6.07, 6.45) is 1.18. The average molecular weight is 531 g/mol. The minimum absolute atomic E-state index is 0.185. The van der Waals surface area contributed by atoms with Crippen LogP contribution in [0.5, 0.6) is 0 Å². The van der Waals surface area contributed by atoms with Crippen molar-refractivity contribution in [2.75, 3.05) is 13.1 Å². The Morgan fingerprint density at radius 3 is 1.92 bits per heavy atom. The lowest BCUT2D eigenvalue weighted by Crippen LogP contribution is -2.57. The minimum Gasteiger partial charge on any atom is -0.481 e. The summed E-state index contributed by atoms with van der Waals surface area (Å²) in [6, 6.07) is -4.62. The van der Waals surface area contributed by atoms with Gasteiger partial charge in [0.1, 0.15) is 18.1 Å². The van der Waals surface area contributed by atoms with Crippen LogP contribution < -0.4 is 38.5 Å². The summed E-state index contributed by atoms with van der Waals surface area (Å²) in [5.74, 6) is -5.34. The number of carboxylic acids is 2. The van der Waals surface area contributed by atoms with Crippen LogP contribution in [0.2, 0.25) is 0 Å². The van der Waals surface area contributed by atoms with Gasteiger partial charge in [0.25, 0.3) is 0 Å². The number of amides is 3. The second kappa shape index (κ2) is 17.9. The van der Waals surface area contributed by atoms with Gasteiger partial charge in [-0.15, -0.1) is 0 Å². The topological polar surface area (TPSA) is 276 Å². The summed E-state index contributed by atoms with van der Waals surface area (Å²) in [6.45, 7) is 3.88. The van der Waals surface area contributed by atoms with Crippen molar-refractivity contribution in [3.63, 3.8) is 0 Å². The van der Waals surface area contributed by atoms with Crippen LogP contribution in [0, 0.1) is 11.3 Å². The third-order valence-electron chi connectivity index (χ3n) is 5.43. The Morgan fingerprint density at radius 2 is 1.41 bits per heavy atom. The van der Waals surface area contributed by atoms with Gasteiger partial charge in [0.05, 0.1) is 6.04 Å². The molecule has 212 valence electrons. The van der Waals surface area contributed by atoms with Crippen molar-refractivity contribution in [3.8, 4) is 0 Å². The number of unbranched alkanes of at least 4 members (excludes halogenated alkanes) is 1. The Morgan fingerprint density at radius 1 is 0.838 bits per heavy atom. The maximum absolute atomic E-state index is 13.1. The minimum atomic E-state index is -1.34. The van der Waals surface area contributed by atoms with Gasteiger partial charge in [0.15, 0.2) is 5.96 Å². The molecule has 0 radical (unpaired) electrons. The fourth-order valence-corrected chi connectivity index (χ4v) is 3.29. The van der Waals surface area contributed by atoms with Gasteiger partial charge in [-0.3, -0.25) is 24.6 Å². The number of carbonyl (C=O) groups excluding carboxylic acids is 3. The van der Waals surface area contributed by atoms with E-state index in [0.717, 1.165) is 0 Å². The molecule has 0 heterocycles. The van der Waals surface area contributed by atoms with Crippen LogP contribution in [-0.2, 0) is 24.0 Å². The number of hydrogen-bond donors (Lipinski definition) is 10. The molecule has 0 unspecified atom stereocenters. The van der Waals surface area contributed by atoms with E-state index in [-0.39, 0.29) is 25.2 Å². The van der Waals surface area contributed by atoms with E-state index in [4.69, 9.17) is 27.7 Å². The predicted molar refractivity (Wildman–Crippen MR) is 135 cm³/mol. The highest BCUT2D eigenvalue weighted by atomic mass is 16.4. The standard InChI is InChI=1S/C22H42N8O7/c1-12(2)17(21(36)37)30-20(35)15(8-9-16(31)32)29-19(34)14(7-3-4-10-23)28-18(33)13(24)6-5-11-27-22(25)26/h12-15,17H,3-11,23-24H2,1-2H3,(H,28,33)(H,29,34)(H,30,35)(H,31,32)(H,36,37)(H4,25,26,27)/t13-,14-,15-,17-/m0/s1. The summed E-state index contributed by atoms with van der Waals surface area (Å²) in [5.41, 5.74) is 16.6. The molecule has 0 fully saturated rings. The molecule has 0 spiro atoms. The first-order chi connectivity index (χ1) is 17.3. The van der Waals surface area contributed by atoms with Gasteiger partial charge in [-0.25, -0.2) is 4.79 Å². The lowest BCUT2D eigenvalue weighted by Gasteiger charge is -2.26. The molecule has 15 nitrogen and oxygen atoms in total. The first-order valence-electron chi connectivity index (χ1n) is 12.2. The van der Waals surface area contributed by atoms with Crippen LogP contribution in [0.25, 0.3) is 0 Å². The molecule has 15 heteroatoms. The van der Waals surface area contributed by atoms with E-state index in [2.05, 4.69) is 21.3 Å². The van der Waals surface area contributed by atoms with Gasteiger partial charge < -0.3 is 48.7 Å². The summed E-state index contributed by atoms with van der Waals surface area (Å²) in [4.78, 5) is 61.0. The first kappa shape index (κ1) is 33.5. The van der Waals surface area contributed by atoms with E-state index in [9.17, 15) is 29.1 Å². The monoisotopic (exact) mass is 530 g/mol. The van der Waals surface area contributed by atoms with Crippen molar-refractivity contribution in [1.29, 1.82) is 5.41 Å². The molecule has 37 heavy (non-hydrogen) atoms. The summed E-state index contributed by atoms with van der Waals surface area (Å²) < 4.78 is 0. The predicted octanol–water partition coefficient (Wildman–Crippen LogP) is -2.23. The van der Waals surface area contributed by atoms with Gasteiger partial charge in [0, 0.05) is 13.0 Å². The van der Waals surface area contributed by atoms with E-state index in [0.29, 0.717) is 32.4 Å². The van der Waals surface area contributed by atoms with Crippen LogP contribution in [0.3, 0.4) is 0 Å². The third-order valence-corrected chi connectivity index (χ3v) is 5.43. The summed E-state index contributed by atoms with van der Waals surface area (Å²) >= 11 is 0. The van der Waals surface area contributed by atoms with E-state index in [1.807, 2.05) is 0 Å². The lowest BCUT2D eigenvalue weighted by molar-refractivity contribution is -0.144. The van der Waals surface area contributed by atoms with Crippen molar-refractivity contribution in [2.24, 2.45) is 23.1 Å². The molecular formula is C22H42N8O7. The highest BCUT2D eigenvalue weighted by molar-refractivity contribution is 5.94. The Kier molecular flexibility index (Phi) is 16.2. The van der Waals surface area contributed by atoms with Gasteiger partial charge in [-0.05, 0) is 51.0 Å². The van der Waals surface area contributed by atoms with E-state index in [1.54, 1.807) is 13.8 Å². The normalized spacial score (nSPS) is 14.1. The molecule has 0 saturated heterocycles. The molecule has 0 aliphatic carbocycles. The van der Waals surface area contributed by atoms with Crippen LogP contribution in [-0.4, -0.2) is 83.1 Å². The van der Waals surface area contributed by atoms with Gasteiger partial charge in [0.2, 0.25) is 17.7 Å². The highest BCUT2D eigenvalue weighted by Crippen LogP contribution is 2.08. The number of guanidine groups is 1. The number of aliphatic carboxylic acids is 2. The van der Waals surface area contributed by atoms with Crippen molar-refractivity contribution in [3.05, 3.63) is 0 Å². The molecule has 3 amide bonds. The number of nitrogens with two attached hydrogens (primary N) is 3. The number of nitrogens with one attached hydrogen (secondary N) is 5. The van der Waals surface area contributed by atoms with Crippen LogP contribution in [0.1, 0.15) is 58.8 Å². The molecule has 0 aromatic heterocycles. The lowest BCUT2D eigenvalue weighted by atomic mass is 10.0. The molecule has 0 aliphatic rings. The SMILES string of the molecule is CC(C)[C@H](NC(=O)[C@H](CCC(=O)O)NC(=O)[C@H](CCCCN)NC(=O)[C@@H](N)CCCNC(=N)N)C(=O)O. The fraction of sp³-hybridized carbons (Fsp3) is 0.727. The molecule has 0 saturated carbocycles. The summed E-state index contributed by atoms with van der Waals surface area (Å²) in [5, 5.41) is 35.5. The van der Waals surface area contributed by atoms with Gasteiger partial charge >= 0.3 is 11.9 Å². The molecule has 0 aromatic carbocycles. The average Bonchev–Trinajstić information content (AvgIpc) is 2.80. The van der Waals surface area contributed by atoms with Crippen LogP contribution in [0.15, 0.2) is 0 Å². The molecule has 13 N–H and O–H groups in total. The zero-order valence-electron chi connectivity index (χ0n) is 21.4. The summed E-state index contributed by atoms with van der Waals surface area (Å²) in [7, 11) is 0. The zero-order valence-corrected chi connectivity index (χ0v) is 21.4. The van der Waals surface area contributed by atoms with Crippen LogP contribution in [0.4, 0.5) is 0 Å². The number of carbonyl (C=O) groups is 5. The molecule has 0 aromatic rings. The van der Waals surface area contributed by atoms with Gasteiger partial charge in [-0.2, -0.15) is 0 Å². The highest BCUT2D eigenvalue weighted by Gasteiger charge is 2.31. The van der Waals surface area contributed by atoms with Crippen molar-refractivity contribution in [1.82, 2.24) is 21.3 Å². The number of rotatable bonds is 19. The molecule has 0 rings (SSSR count). The maximum atomic E-state index is 13.1. The third kappa shape index (κ3) is 14.6. The largest absolute Gasteiger partial charge is 0.481 e. The van der Waals surface area contributed by atoms with Gasteiger partial charge in [-0.1, -0.05) is 13.8 Å². The first-order valence-corrected chi connectivity index (χ1v) is 12.2. The van der Waals surface area contributed by atoms with E-state index in [1.165, 1.54) is 0 Å². The Labute approximate surface area is 216 Å². The maximum Gasteiger partial charge on any atom is 0.326 e. The van der Waals surface area contributed by atoms with E-state index < -0.39 is 66.2 Å². The Hall–Kier alpha value is -3.46. The van der Waals surface area contributed by atoms with Crippen molar-refractivity contribution >= 4 is 35.6 Å².